The molecule has 0 aromatic heterocycles. The molecule has 2 N–H and O–H groups in total. The number of sulfonamides is 1. The maximum Gasteiger partial charge on any atom is 0.261 e. The lowest BCUT2D eigenvalue weighted by Crippen LogP contribution is -2.49. The van der Waals surface area contributed by atoms with Crippen LogP contribution in [-0.4, -0.2) is 57.0 Å². The molecule has 1 aliphatic rings. The Bertz CT molecular complexity index is 1460. The molecule has 1 heterocycles. The second-order valence-corrected chi connectivity index (χ2v) is 12.3. The SMILES string of the molecule is COc1ccc(Br)cc1C(=O)NC(=S)Nc1cccc(Cl)c1N1CCN(S(=O)(=O)c2ccc(C)cc2)CC1. The first-order valence-electron chi connectivity index (χ1n) is 11.7. The number of halogens is 2. The third-order valence-corrected chi connectivity index (χ3v) is 9.00. The summed E-state index contributed by atoms with van der Waals surface area (Å²) in [7, 11) is -2.11. The van der Waals surface area contributed by atoms with Gasteiger partial charge in [0, 0.05) is 30.7 Å². The minimum Gasteiger partial charge on any atom is -0.496 e. The van der Waals surface area contributed by atoms with Gasteiger partial charge in [-0.2, -0.15) is 4.31 Å². The summed E-state index contributed by atoms with van der Waals surface area (Å²) in [5, 5.41) is 6.30. The van der Waals surface area contributed by atoms with Gasteiger partial charge in [0.05, 0.1) is 34.0 Å². The maximum atomic E-state index is 13.1. The number of hydrogen-bond acceptors (Lipinski definition) is 6. The quantitative estimate of drug-likeness (QED) is 0.366. The Morgan fingerprint density at radius 1 is 1.05 bits per heavy atom. The lowest BCUT2D eigenvalue weighted by molar-refractivity contribution is 0.0974. The molecule has 200 valence electrons. The number of amides is 1. The van der Waals surface area contributed by atoms with Crippen molar-refractivity contribution in [2.75, 3.05) is 43.5 Å². The number of benzene rings is 3. The molecule has 1 amide bonds. The Morgan fingerprint density at radius 2 is 1.74 bits per heavy atom. The first-order valence-corrected chi connectivity index (χ1v) is 14.7. The van der Waals surface area contributed by atoms with E-state index >= 15 is 0 Å². The fourth-order valence-electron chi connectivity index (χ4n) is 4.13. The fourth-order valence-corrected chi connectivity index (χ4v) is 6.41. The number of rotatable bonds is 6. The van der Waals surface area contributed by atoms with Gasteiger partial charge in [0.2, 0.25) is 10.0 Å². The summed E-state index contributed by atoms with van der Waals surface area (Å²) in [6.07, 6.45) is 0. The van der Waals surface area contributed by atoms with Gasteiger partial charge in [0.1, 0.15) is 5.75 Å². The van der Waals surface area contributed by atoms with Crippen LogP contribution in [0.15, 0.2) is 70.0 Å². The largest absolute Gasteiger partial charge is 0.496 e. The van der Waals surface area contributed by atoms with E-state index in [-0.39, 0.29) is 10.0 Å². The molecule has 0 atom stereocenters. The highest BCUT2D eigenvalue weighted by Gasteiger charge is 2.30. The predicted octanol–water partition coefficient (Wildman–Crippen LogP) is 5.06. The molecular weight excluding hydrogens is 612 g/mol. The van der Waals surface area contributed by atoms with E-state index in [0.717, 1.165) is 10.0 Å². The summed E-state index contributed by atoms with van der Waals surface area (Å²) < 4.78 is 33.7. The number of ether oxygens (including phenoxy) is 1. The van der Waals surface area contributed by atoms with Crippen molar-refractivity contribution in [2.45, 2.75) is 11.8 Å². The summed E-state index contributed by atoms with van der Waals surface area (Å²) in [6.45, 7) is 3.37. The topological polar surface area (TPSA) is 91.0 Å². The number of methoxy groups -OCH3 is 1. The summed E-state index contributed by atoms with van der Waals surface area (Å²) in [4.78, 5) is 15.1. The van der Waals surface area contributed by atoms with Gasteiger partial charge in [0.15, 0.2) is 5.11 Å². The van der Waals surface area contributed by atoms with Crippen molar-refractivity contribution in [3.8, 4) is 5.75 Å². The van der Waals surface area contributed by atoms with Gasteiger partial charge in [-0.15, -0.1) is 0 Å². The van der Waals surface area contributed by atoms with Crippen LogP contribution in [0.25, 0.3) is 0 Å². The van der Waals surface area contributed by atoms with E-state index in [9.17, 15) is 13.2 Å². The summed E-state index contributed by atoms with van der Waals surface area (Å²) >= 11 is 15.4. The van der Waals surface area contributed by atoms with Crippen molar-refractivity contribution in [2.24, 2.45) is 0 Å². The van der Waals surface area contributed by atoms with Crippen molar-refractivity contribution < 1.29 is 17.9 Å². The number of nitrogens with zero attached hydrogens (tertiary/aromatic N) is 2. The Morgan fingerprint density at radius 3 is 2.39 bits per heavy atom. The normalized spacial score (nSPS) is 14.2. The number of carbonyl (C=O) groups excluding carboxylic acids is 1. The predicted molar refractivity (Wildman–Crippen MR) is 158 cm³/mol. The van der Waals surface area contributed by atoms with E-state index in [2.05, 4.69) is 26.6 Å². The Hall–Kier alpha value is -2.70. The number of hydrogen-bond donors (Lipinski definition) is 2. The first-order chi connectivity index (χ1) is 18.1. The van der Waals surface area contributed by atoms with E-state index in [4.69, 9.17) is 28.6 Å². The molecule has 3 aromatic carbocycles. The van der Waals surface area contributed by atoms with Crippen molar-refractivity contribution in [3.05, 3.63) is 81.3 Å². The van der Waals surface area contributed by atoms with Crippen LogP contribution in [0.4, 0.5) is 11.4 Å². The van der Waals surface area contributed by atoms with Gasteiger partial charge >= 0.3 is 0 Å². The van der Waals surface area contributed by atoms with E-state index in [0.29, 0.717) is 53.9 Å². The standard InChI is InChI=1S/C26H26BrClN4O4S2/c1-17-6-9-19(10-7-17)38(34,35)32-14-12-31(13-15-32)24-21(28)4-3-5-22(24)29-26(37)30-25(33)20-16-18(27)8-11-23(20)36-2/h3-11,16H,12-15H2,1-2H3,(H2,29,30,33,37). The molecule has 4 rings (SSSR count). The highest BCUT2D eigenvalue weighted by atomic mass is 79.9. The van der Waals surface area contributed by atoms with Crippen molar-refractivity contribution in [1.29, 1.82) is 0 Å². The maximum absolute atomic E-state index is 13.1. The molecule has 12 heteroatoms. The summed E-state index contributed by atoms with van der Waals surface area (Å²) in [5.74, 6) is -0.0189. The molecule has 1 aliphatic heterocycles. The van der Waals surface area contributed by atoms with Gasteiger partial charge in [-0.3, -0.25) is 10.1 Å². The molecule has 0 radical (unpaired) electrons. The summed E-state index contributed by atoms with van der Waals surface area (Å²) in [6, 6.07) is 17.3. The zero-order valence-electron chi connectivity index (χ0n) is 20.7. The molecule has 0 saturated carbocycles. The Labute approximate surface area is 241 Å². The number of para-hydroxylation sites is 1. The molecule has 1 saturated heterocycles. The monoisotopic (exact) mass is 636 g/mol. The number of thiocarbonyl (C=S) groups is 1. The van der Waals surface area contributed by atoms with Crippen LogP contribution in [0.3, 0.4) is 0 Å². The van der Waals surface area contributed by atoms with Crippen molar-refractivity contribution in [1.82, 2.24) is 9.62 Å². The lowest BCUT2D eigenvalue weighted by Gasteiger charge is -2.36. The molecule has 3 aromatic rings. The number of aryl methyl sites for hydroxylation is 1. The number of piperazine rings is 1. The average molecular weight is 638 g/mol. The molecule has 1 fully saturated rings. The fraction of sp³-hybridized carbons (Fsp3) is 0.231. The third-order valence-electron chi connectivity index (χ3n) is 6.08. The minimum absolute atomic E-state index is 0.0844. The van der Waals surface area contributed by atoms with E-state index < -0.39 is 15.9 Å². The molecule has 8 nitrogen and oxygen atoms in total. The highest BCUT2D eigenvalue weighted by Crippen LogP contribution is 2.35. The Balaban J connectivity index is 1.46. The van der Waals surface area contributed by atoms with Crippen LogP contribution in [0.5, 0.6) is 5.75 Å². The van der Waals surface area contributed by atoms with Crippen LogP contribution in [0.1, 0.15) is 15.9 Å². The smallest absolute Gasteiger partial charge is 0.261 e. The number of nitrogens with one attached hydrogen (secondary N) is 2. The highest BCUT2D eigenvalue weighted by molar-refractivity contribution is 9.10. The van der Waals surface area contributed by atoms with Crippen LogP contribution in [0.2, 0.25) is 5.02 Å². The molecule has 0 bridgehead atoms. The summed E-state index contributed by atoms with van der Waals surface area (Å²) in [5.41, 5.74) is 2.60. The van der Waals surface area contributed by atoms with Crippen molar-refractivity contribution >= 4 is 72.2 Å². The molecule has 0 spiro atoms. The average Bonchev–Trinajstić information content (AvgIpc) is 2.89. The van der Waals surface area contributed by atoms with Gasteiger partial charge in [-0.1, -0.05) is 51.3 Å². The van der Waals surface area contributed by atoms with Gasteiger partial charge < -0.3 is 15.0 Å². The zero-order chi connectivity index (χ0) is 27.4. The molecule has 0 aliphatic carbocycles. The molecule has 0 unspecified atom stereocenters. The lowest BCUT2D eigenvalue weighted by atomic mass is 10.2. The van der Waals surface area contributed by atoms with E-state index in [1.54, 1.807) is 60.7 Å². The first kappa shape index (κ1) is 28.3. The van der Waals surface area contributed by atoms with Crippen LogP contribution in [-0.2, 0) is 10.0 Å². The van der Waals surface area contributed by atoms with E-state index in [1.807, 2.05) is 11.8 Å². The second-order valence-electron chi connectivity index (χ2n) is 8.59. The van der Waals surface area contributed by atoms with Gasteiger partial charge in [-0.05, 0) is 61.6 Å². The second kappa shape index (κ2) is 12.0. The van der Waals surface area contributed by atoms with Crippen LogP contribution < -0.4 is 20.3 Å². The zero-order valence-corrected chi connectivity index (χ0v) is 24.7. The number of carbonyl (C=O) groups is 1. The van der Waals surface area contributed by atoms with Crippen LogP contribution in [0, 0.1) is 6.92 Å². The minimum atomic E-state index is -3.60. The third kappa shape index (κ3) is 6.29. The van der Waals surface area contributed by atoms with Gasteiger partial charge in [-0.25, -0.2) is 8.42 Å². The Kier molecular flexibility index (Phi) is 8.94. The van der Waals surface area contributed by atoms with Crippen LogP contribution >= 0.6 is 39.7 Å². The molecular formula is C26H26BrClN4O4S2. The van der Waals surface area contributed by atoms with Gasteiger partial charge in [0.25, 0.3) is 5.91 Å². The van der Waals surface area contributed by atoms with Crippen molar-refractivity contribution in [3.63, 3.8) is 0 Å². The number of anilines is 2. The molecule has 38 heavy (non-hydrogen) atoms. The van der Waals surface area contributed by atoms with E-state index in [1.165, 1.54) is 11.4 Å².